The van der Waals surface area contributed by atoms with E-state index in [0.717, 1.165) is 11.1 Å². The molecule has 172 valence electrons. The van der Waals surface area contributed by atoms with Crippen molar-refractivity contribution in [3.05, 3.63) is 112 Å². The summed E-state index contributed by atoms with van der Waals surface area (Å²) in [4.78, 5) is 18.7. The molecule has 0 radical (unpaired) electrons. The fraction of sp³-hybridized carbons (Fsp3) is 0.0714. The third kappa shape index (κ3) is 4.56. The Morgan fingerprint density at radius 1 is 0.857 bits per heavy atom. The molecule has 0 fully saturated rings. The Morgan fingerprint density at radius 2 is 1.60 bits per heavy atom. The molecule has 1 heterocycles. The van der Waals surface area contributed by atoms with Crippen molar-refractivity contribution >= 4 is 33.9 Å². The van der Waals surface area contributed by atoms with Crippen LogP contribution in [0.4, 0.5) is 11.4 Å². The van der Waals surface area contributed by atoms with E-state index < -0.39 is 0 Å². The molecule has 0 atom stereocenters. The normalized spacial score (nSPS) is 11.3. The Bertz CT molecular complexity index is 1630. The molecule has 5 aromatic rings. The SMILES string of the molecule is COc1cccc(-n2c(-c3ccccc3)nc3ccc(N=Nc4ccc(C)c(Cl)c4)cc3c2=O)c1. The number of rotatable bonds is 5. The van der Waals surface area contributed by atoms with Crippen LogP contribution in [0.5, 0.6) is 5.75 Å². The van der Waals surface area contributed by atoms with Crippen LogP contribution in [0, 0.1) is 6.92 Å². The molecule has 5 rings (SSSR count). The number of aromatic nitrogens is 2. The van der Waals surface area contributed by atoms with Crippen LogP contribution >= 0.6 is 11.6 Å². The molecule has 0 N–H and O–H groups in total. The summed E-state index contributed by atoms with van der Waals surface area (Å²) in [6.45, 7) is 1.93. The van der Waals surface area contributed by atoms with Crippen molar-refractivity contribution in [1.29, 1.82) is 0 Å². The maximum absolute atomic E-state index is 13.8. The Balaban J connectivity index is 1.68. The molecule has 0 aliphatic carbocycles. The molecule has 6 nitrogen and oxygen atoms in total. The third-order valence-corrected chi connectivity index (χ3v) is 6.04. The minimum Gasteiger partial charge on any atom is -0.497 e. The minimum absolute atomic E-state index is 0.211. The van der Waals surface area contributed by atoms with Crippen molar-refractivity contribution in [3.63, 3.8) is 0 Å². The van der Waals surface area contributed by atoms with Crippen molar-refractivity contribution < 1.29 is 4.74 Å². The van der Waals surface area contributed by atoms with Crippen molar-refractivity contribution in [2.45, 2.75) is 6.92 Å². The average molecular weight is 481 g/mol. The zero-order valence-corrected chi connectivity index (χ0v) is 19.9. The standard InChI is InChI=1S/C28H21ClN4O2/c1-18-11-12-21(16-25(18)29)32-31-20-13-14-26-24(15-20)28(34)33(22-9-6-10-23(17-22)35-2)27(30-26)19-7-4-3-5-8-19/h3-17H,1-2H3. The maximum Gasteiger partial charge on any atom is 0.266 e. The quantitative estimate of drug-likeness (QED) is 0.245. The number of benzene rings is 4. The van der Waals surface area contributed by atoms with Gasteiger partial charge in [0, 0.05) is 16.7 Å². The van der Waals surface area contributed by atoms with E-state index in [2.05, 4.69) is 10.2 Å². The molecule has 1 aromatic heterocycles. The van der Waals surface area contributed by atoms with E-state index in [-0.39, 0.29) is 5.56 Å². The highest BCUT2D eigenvalue weighted by Crippen LogP contribution is 2.28. The Morgan fingerprint density at radius 3 is 2.34 bits per heavy atom. The first kappa shape index (κ1) is 22.5. The second-order valence-corrected chi connectivity index (χ2v) is 8.39. The van der Waals surface area contributed by atoms with Gasteiger partial charge in [0.25, 0.3) is 5.56 Å². The van der Waals surface area contributed by atoms with Crippen molar-refractivity contribution in [3.8, 4) is 22.8 Å². The van der Waals surface area contributed by atoms with Gasteiger partial charge in [-0.05, 0) is 55.0 Å². The van der Waals surface area contributed by atoms with Crippen LogP contribution in [-0.4, -0.2) is 16.7 Å². The van der Waals surface area contributed by atoms with E-state index in [1.807, 2.05) is 73.7 Å². The summed E-state index contributed by atoms with van der Waals surface area (Å²) in [7, 11) is 1.59. The molecular weight excluding hydrogens is 460 g/mol. The second kappa shape index (κ2) is 9.52. The summed E-state index contributed by atoms with van der Waals surface area (Å²) in [6.07, 6.45) is 0. The lowest BCUT2D eigenvalue weighted by molar-refractivity contribution is 0.414. The number of fused-ring (bicyclic) bond motifs is 1. The first-order valence-corrected chi connectivity index (χ1v) is 11.4. The van der Waals surface area contributed by atoms with Crippen molar-refractivity contribution in [2.75, 3.05) is 7.11 Å². The lowest BCUT2D eigenvalue weighted by Crippen LogP contribution is -2.22. The number of hydrogen-bond donors (Lipinski definition) is 0. The number of halogens is 1. The van der Waals surface area contributed by atoms with Gasteiger partial charge in [-0.2, -0.15) is 10.2 Å². The van der Waals surface area contributed by atoms with Gasteiger partial charge < -0.3 is 4.74 Å². The molecule has 4 aromatic carbocycles. The van der Waals surface area contributed by atoms with Crippen LogP contribution in [0.3, 0.4) is 0 Å². The van der Waals surface area contributed by atoms with Gasteiger partial charge in [-0.3, -0.25) is 9.36 Å². The molecule has 0 saturated heterocycles. The summed E-state index contributed by atoms with van der Waals surface area (Å²) < 4.78 is 6.98. The minimum atomic E-state index is -0.211. The number of azo groups is 1. The molecule has 0 saturated carbocycles. The van der Waals surface area contributed by atoms with Crippen molar-refractivity contribution in [2.24, 2.45) is 10.2 Å². The van der Waals surface area contributed by atoms with Gasteiger partial charge in [0.15, 0.2) is 0 Å². The van der Waals surface area contributed by atoms with Crippen LogP contribution < -0.4 is 10.3 Å². The van der Waals surface area contributed by atoms with Gasteiger partial charge in [-0.1, -0.05) is 54.1 Å². The number of hydrogen-bond acceptors (Lipinski definition) is 5. The Labute approximate surface area is 207 Å². The summed E-state index contributed by atoms with van der Waals surface area (Å²) in [5.41, 5.74) is 3.99. The number of aryl methyl sites for hydroxylation is 1. The third-order valence-electron chi connectivity index (χ3n) is 5.63. The molecule has 7 heteroatoms. The van der Waals surface area contributed by atoms with Crippen molar-refractivity contribution in [1.82, 2.24) is 9.55 Å². The summed E-state index contributed by atoms with van der Waals surface area (Å²) in [6, 6.07) is 27.7. The van der Waals surface area contributed by atoms with E-state index in [1.165, 1.54) is 0 Å². The smallest absolute Gasteiger partial charge is 0.266 e. The second-order valence-electron chi connectivity index (χ2n) is 7.98. The van der Waals surface area contributed by atoms with Crippen LogP contribution in [0.25, 0.3) is 28.0 Å². The highest BCUT2D eigenvalue weighted by molar-refractivity contribution is 6.31. The predicted octanol–water partition coefficient (Wildman–Crippen LogP) is 7.44. The fourth-order valence-corrected chi connectivity index (χ4v) is 3.94. The highest BCUT2D eigenvalue weighted by atomic mass is 35.5. The van der Waals surface area contributed by atoms with E-state index in [1.54, 1.807) is 35.9 Å². The van der Waals surface area contributed by atoms with E-state index in [9.17, 15) is 4.79 Å². The Kier molecular flexibility index (Phi) is 6.12. The molecule has 0 spiro atoms. The van der Waals surface area contributed by atoms with E-state index in [0.29, 0.717) is 44.6 Å². The lowest BCUT2D eigenvalue weighted by atomic mass is 10.1. The number of ether oxygens (including phenoxy) is 1. The largest absolute Gasteiger partial charge is 0.497 e. The highest BCUT2D eigenvalue weighted by Gasteiger charge is 2.15. The van der Waals surface area contributed by atoms with E-state index >= 15 is 0 Å². The van der Waals surface area contributed by atoms with Crippen LogP contribution in [0.15, 0.2) is 106 Å². The van der Waals surface area contributed by atoms with Gasteiger partial charge in [0.05, 0.1) is 35.1 Å². The molecule has 35 heavy (non-hydrogen) atoms. The van der Waals surface area contributed by atoms with Crippen LogP contribution in [-0.2, 0) is 0 Å². The van der Waals surface area contributed by atoms with Gasteiger partial charge in [0.2, 0.25) is 0 Å². The number of nitrogens with zero attached hydrogens (tertiary/aromatic N) is 4. The summed E-state index contributed by atoms with van der Waals surface area (Å²) in [5.74, 6) is 1.19. The average Bonchev–Trinajstić information content (AvgIpc) is 2.90. The molecule has 0 unspecified atom stereocenters. The maximum atomic E-state index is 13.8. The zero-order chi connectivity index (χ0) is 24.4. The van der Waals surface area contributed by atoms with Gasteiger partial charge in [-0.25, -0.2) is 4.98 Å². The first-order chi connectivity index (χ1) is 17.0. The molecular formula is C28H21ClN4O2. The topological polar surface area (TPSA) is 68.8 Å². The molecule has 0 aliphatic rings. The van der Waals surface area contributed by atoms with E-state index in [4.69, 9.17) is 21.3 Å². The first-order valence-electron chi connectivity index (χ1n) is 11.0. The predicted molar refractivity (Wildman–Crippen MR) is 140 cm³/mol. The van der Waals surface area contributed by atoms with Gasteiger partial charge in [-0.15, -0.1) is 0 Å². The zero-order valence-electron chi connectivity index (χ0n) is 19.1. The molecule has 0 aliphatic heterocycles. The summed E-state index contributed by atoms with van der Waals surface area (Å²) in [5, 5.41) is 9.66. The van der Waals surface area contributed by atoms with Gasteiger partial charge >= 0.3 is 0 Å². The Hall–Kier alpha value is -4.29. The lowest BCUT2D eigenvalue weighted by Gasteiger charge is -2.15. The number of methoxy groups -OCH3 is 1. The molecule has 0 bridgehead atoms. The molecule has 0 amide bonds. The summed E-state index contributed by atoms with van der Waals surface area (Å²) >= 11 is 6.19. The fourth-order valence-electron chi connectivity index (χ4n) is 3.77. The van der Waals surface area contributed by atoms with Gasteiger partial charge in [0.1, 0.15) is 11.6 Å². The van der Waals surface area contributed by atoms with Crippen LogP contribution in [0.1, 0.15) is 5.56 Å². The van der Waals surface area contributed by atoms with Crippen LogP contribution in [0.2, 0.25) is 5.02 Å². The monoisotopic (exact) mass is 480 g/mol.